The van der Waals surface area contributed by atoms with Crippen LogP contribution in [0.25, 0.3) is 5.57 Å². The number of thioether (sulfide) groups is 1. The Morgan fingerprint density at radius 2 is 1.68 bits per heavy atom. The van der Waals surface area contributed by atoms with Gasteiger partial charge in [-0.05, 0) is 54.1 Å². The first-order valence-corrected chi connectivity index (χ1v) is 10.7. The first-order valence-electron chi connectivity index (χ1n) is 9.69. The fraction of sp³-hybridized carbons (Fsp3) is 0.348. The number of likely N-dealkylation sites (tertiary alicyclic amines) is 1. The van der Waals surface area contributed by atoms with Gasteiger partial charge in [0.25, 0.3) is 0 Å². The second-order valence-corrected chi connectivity index (χ2v) is 8.28. The van der Waals surface area contributed by atoms with Gasteiger partial charge in [-0.2, -0.15) is 0 Å². The van der Waals surface area contributed by atoms with Gasteiger partial charge in [0.1, 0.15) is 0 Å². The Hall–Kier alpha value is -1.75. The first-order chi connectivity index (χ1) is 13.2. The number of halogens is 1. The Labute approximate surface area is 177 Å². The summed E-state index contributed by atoms with van der Waals surface area (Å²) >= 11 is 1.93. The summed E-state index contributed by atoms with van der Waals surface area (Å²) in [5, 5.41) is 8.84. The fourth-order valence-electron chi connectivity index (χ4n) is 4.12. The predicted molar refractivity (Wildman–Crippen MR) is 118 cm³/mol. The molecule has 0 atom stereocenters. The first kappa shape index (κ1) is 21.0. The molecule has 1 saturated heterocycles. The number of hydrogen-bond donors (Lipinski definition) is 1. The van der Waals surface area contributed by atoms with Crippen LogP contribution in [0.1, 0.15) is 42.4 Å². The summed E-state index contributed by atoms with van der Waals surface area (Å²) in [4.78, 5) is 14.5. The van der Waals surface area contributed by atoms with Crippen molar-refractivity contribution < 1.29 is 9.90 Å². The highest BCUT2D eigenvalue weighted by Crippen LogP contribution is 2.43. The van der Waals surface area contributed by atoms with E-state index >= 15 is 0 Å². The summed E-state index contributed by atoms with van der Waals surface area (Å²) in [7, 11) is 0. The van der Waals surface area contributed by atoms with Crippen LogP contribution in [0.4, 0.5) is 0 Å². The molecule has 5 heteroatoms. The zero-order valence-corrected chi connectivity index (χ0v) is 17.5. The molecule has 0 radical (unpaired) electrons. The minimum atomic E-state index is -0.695. The molecular weight excluding hydrogens is 390 g/mol. The highest BCUT2D eigenvalue weighted by Gasteiger charge is 2.23. The van der Waals surface area contributed by atoms with Crippen molar-refractivity contribution in [2.45, 2.75) is 36.3 Å². The van der Waals surface area contributed by atoms with Crippen LogP contribution in [0.15, 0.2) is 59.0 Å². The molecule has 0 aromatic heterocycles. The molecule has 2 aliphatic rings. The molecule has 0 bridgehead atoms. The van der Waals surface area contributed by atoms with Gasteiger partial charge in [0.05, 0.1) is 0 Å². The smallest absolute Gasteiger partial charge is 0.303 e. The summed E-state index contributed by atoms with van der Waals surface area (Å²) in [5.74, 6) is 0.324. The molecule has 1 fully saturated rings. The minimum Gasteiger partial charge on any atom is -0.481 e. The fourth-order valence-corrected chi connectivity index (χ4v) is 5.18. The molecule has 2 aromatic carbocycles. The van der Waals surface area contributed by atoms with Gasteiger partial charge >= 0.3 is 5.97 Å². The molecule has 2 aliphatic heterocycles. The third-order valence-electron chi connectivity index (χ3n) is 5.50. The van der Waals surface area contributed by atoms with Gasteiger partial charge in [-0.3, -0.25) is 4.79 Å². The molecule has 1 N–H and O–H groups in total. The van der Waals surface area contributed by atoms with Crippen molar-refractivity contribution in [3.63, 3.8) is 0 Å². The number of fused-ring (bicyclic) bond motifs is 2. The quantitative estimate of drug-likeness (QED) is 0.718. The molecule has 0 aliphatic carbocycles. The number of hydrogen-bond acceptors (Lipinski definition) is 3. The monoisotopic (exact) mass is 415 g/mol. The van der Waals surface area contributed by atoms with Gasteiger partial charge in [-0.25, -0.2) is 0 Å². The van der Waals surface area contributed by atoms with Crippen LogP contribution < -0.4 is 0 Å². The van der Waals surface area contributed by atoms with Crippen LogP contribution in [0, 0.1) is 0 Å². The maximum absolute atomic E-state index is 10.7. The van der Waals surface area contributed by atoms with Crippen LogP contribution in [-0.2, 0) is 10.5 Å². The second-order valence-electron chi connectivity index (χ2n) is 7.26. The van der Waals surface area contributed by atoms with E-state index < -0.39 is 5.97 Å². The summed E-state index contributed by atoms with van der Waals surface area (Å²) in [6, 6.07) is 17.6. The van der Waals surface area contributed by atoms with Crippen molar-refractivity contribution in [2.75, 3.05) is 19.6 Å². The molecule has 0 spiro atoms. The lowest BCUT2D eigenvalue weighted by Crippen LogP contribution is -2.32. The molecule has 0 saturated carbocycles. The lowest BCUT2D eigenvalue weighted by atomic mass is 9.86. The van der Waals surface area contributed by atoms with E-state index in [2.05, 4.69) is 53.4 Å². The molecule has 0 unspecified atom stereocenters. The molecule has 3 nitrogen and oxygen atoms in total. The number of carbonyl (C=O) groups is 1. The third-order valence-corrected chi connectivity index (χ3v) is 6.63. The van der Waals surface area contributed by atoms with E-state index in [0.717, 1.165) is 44.6 Å². The van der Waals surface area contributed by atoms with E-state index in [-0.39, 0.29) is 18.8 Å². The predicted octanol–water partition coefficient (Wildman–Crippen LogP) is 5.48. The molecule has 148 valence electrons. The van der Waals surface area contributed by atoms with Crippen molar-refractivity contribution >= 4 is 35.7 Å². The number of benzene rings is 2. The summed E-state index contributed by atoms with van der Waals surface area (Å²) in [6.45, 7) is 2.93. The van der Waals surface area contributed by atoms with Gasteiger partial charge < -0.3 is 10.0 Å². The van der Waals surface area contributed by atoms with E-state index in [9.17, 15) is 4.79 Å². The van der Waals surface area contributed by atoms with Gasteiger partial charge in [0, 0.05) is 30.2 Å². The highest BCUT2D eigenvalue weighted by atomic mass is 35.5. The van der Waals surface area contributed by atoms with Crippen molar-refractivity contribution in [1.82, 2.24) is 4.90 Å². The average Bonchev–Trinajstić information content (AvgIpc) is 2.85. The number of nitrogens with zero attached hydrogens (tertiary/aromatic N) is 1. The number of piperidine rings is 1. The molecule has 0 amide bonds. The topological polar surface area (TPSA) is 40.5 Å². The lowest BCUT2D eigenvalue weighted by Gasteiger charge is -2.30. The van der Waals surface area contributed by atoms with Crippen LogP contribution in [0.3, 0.4) is 0 Å². The van der Waals surface area contributed by atoms with Crippen LogP contribution in [0.5, 0.6) is 0 Å². The van der Waals surface area contributed by atoms with Crippen molar-refractivity contribution in [3.05, 3.63) is 70.8 Å². The molecule has 28 heavy (non-hydrogen) atoms. The van der Waals surface area contributed by atoms with Crippen LogP contribution >= 0.6 is 24.2 Å². The number of carboxylic acids is 1. The molecule has 4 rings (SSSR count). The van der Waals surface area contributed by atoms with E-state index in [1.807, 2.05) is 11.8 Å². The summed E-state index contributed by atoms with van der Waals surface area (Å²) in [6.07, 6.45) is 3.14. The molecular formula is C23H26ClNO2S. The Morgan fingerprint density at radius 1 is 1.00 bits per heavy atom. The number of rotatable bonds is 4. The normalized spacial score (nSPS) is 16.6. The van der Waals surface area contributed by atoms with E-state index in [4.69, 9.17) is 5.11 Å². The van der Waals surface area contributed by atoms with Crippen molar-refractivity contribution in [1.29, 1.82) is 0 Å². The Balaban J connectivity index is 0.00000225. The molecule has 2 aromatic rings. The highest BCUT2D eigenvalue weighted by molar-refractivity contribution is 7.98. The Kier molecular flexibility index (Phi) is 7.22. The van der Waals surface area contributed by atoms with Crippen molar-refractivity contribution in [2.24, 2.45) is 0 Å². The maximum Gasteiger partial charge on any atom is 0.303 e. The maximum atomic E-state index is 10.7. The van der Waals surface area contributed by atoms with E-state index in [0.29, 0.717) is 0 Å². The van der Waals surface area contributed by atoms with Gasteiger partial charge in [-0.15, -0.1) is 24.2 Å². The number of carboxylic acid groups (broad SMARTS) is 1. The standard InChI is InChI=1S/C23H25NO2S.ClH/c25-22(26)10-5-13-24-14-11-17(12-15-24)23-19-7-2-1-6-18(19)16-27-21-9-4-3-8-20(21)23;/h1-4,6-9H,5,10-16H2,(H,25,26);1H. The average molecular weight is 416 g/mol. The minimum absolute atomic E-state index is 0. The zero-order chi connectivity index (χ0) is 18.6. The van der Waals surface area contributed by atoms with Crippen LogP contribution in [-0.4, -0.2) is 35.6 Å². The summed E-state index contributed by atoms with van der Waals surface area (Å²) in [5.41, 5.74) is 7.18. The Bertz CT molecular complexity index is 821. The van der Waals surface area contributed by atoms with Gasteiger partial charge in [0.15, 0.2) is 0 Å². The molecule has 2 heterocycles. The van der Waals surface area contributed by atoms with Gasteiger partial charge in [0.2, 0.25) is 0 Å². The SMILES string of the molecule is Cl.O=C(O)CCCN1CCC(=C2c3ccccc3CSc3ccccc32)CC1. The Morgan fingerprint density at radius 3 is 2.43 bits per heavy atom. The van der Waals surface area contributed by atoms with Crippen LogP contribution in [0.2, 0.25) is 0 Å². The zero-order valence-electron chi connectivity index (χ0n) is 15.9. The third kappa shape index (κ3) is 4.62. The largest absolute Gasteiger partial charge is 0.481 e. The second kappa shape index (κ2) is 9.64. The summed E-state index contributed by atoms with van der Waals surface area (Å²) < 4.78 is 0. The van der Waals surface area contributed by atoms with Gasteiger partial charge in [-0.1, -0.05) is 48.0 Å². The van der Waals surface area contributed by atoms with Crippen molar-refractivity contribution in [3.8, 4) is 0 Å². The lowest BCUT2D eigenvalue weighted by molar-refractivity contribution is -0.137. The van der Waals surface area contributed by atoms with E-state index in [1.54, 1.807) is 5.57 Å². The van der Waals surface area contributed by atoms with E-state index in [1.165, 1.54) is 27.2 Å². The number of aliphatic carboxylic acids is 1.